The number of carbonyl (C=O) groups is 1. The van der Waals surface area contributed by atoms with Crippen LogP contribution in [0.2, 0.25) is 0 Å². The smallest absolute Gasteiger partial charge is 0.338 e. The molecule has 1 aromatic heterocycles. The summed E-state index contributed by atoms with van der Waals surface area (Å²) in [4.78, 5) is 32.0. The van der Waals surface area contributed by atoms with Crippen LogP contribution in [-0.2, 0) is 9.53 Å². The third-order valence-corrected chi connectivity index (χ3v) is 7.03. The number of allylic oxidation sites excluding steroid dienone is 1. The number of ether oxygens (including phenoxy) is 4. The Hall–Kier alpha value is -3.85. The van der Waals surface area contributed by atoms with Gasteiger partial charge in [0, 0.05) is 0 Å². The first-order valence-corrected chi connectivity index (χ1v) is 12.8. The standard InChI is InChI=1S/C28H30N2O6S/c1-7-35-20-12-10-18(13-22(20)34-6)14-23-26(31)30-25(19-11-9-16(3)21(15-19)33-5)24(27(32)36-8-2)17(4)29-28(30)37-23/h9-15,25H,7-8H2,1-6H3/b23-14+/t25-/m0/s1. The average molecular weight is 523 g/mol. The molecule has 9 heteroatoms. The van der Waals surface area contributed by atoms with Crippen LogP contribution in [0.3, 0.4) is 0 Å². The fraction of sp³-hybridized carbons (Fsp3) is 0.321. The number of hydrogen-bond acceptors (Lipinski definition) is 8. The molecule has 0 amide bonds. The van der Waals surface area contributed by atoms with Gasteiger partial charge in [0.1, 0.15) is 5.75 Å². The number of methoxy groups -OCH3 is 2. The summed E-state index contributed by atoms with van der Waals surface area (Å²) < 4.78 is 24.0. The molecule has 2 aromatic carbocycles. The number of aryl methyl sites for hydroxylation is 1. The highest BCUT2D eigenvalue weighted by Crippen LogP contribution is 2.33. The second-order valence-corrected chi connectivity index (χ2v) is 9.38. The quantitative estimate of drug-likeness (QED) is 0.421. The Balaban J connectivity index is 1.92. The van der Waals surface area contributed by atoms with Gasteiger partial charge in [0.15, 0.2) is 16.3 Å². The summed E-state index contributed by atoms with van der Waals surface area (Å²) in [6.07, 6.45) is 1.79. The number of thiazole rings is 1. The van der Waals surface area contributed by atoms with Gasteiger partial charge in [-0.3, -0.25) is 9.36 Å². The predicted octanol–water partition coefficient (Wildman–Crippen LogP) is 3.52. The number of esters is 1. The van der Waals surface area contributed by atoms with Crippen molar-refractivity contribution in [2.24, 2.45) is 4.99 Å². The minimum atomic E-state index is -0.707. The van der Waals surface area contributed by atoms with Crippen LogP contribution < -0.4 is 29.1 Å². The van der Waals surface area contributed by atoms with Gasteiger partial charge in [0.2, 0.25) is 0 Å². The van der Waals surface area contributed by atoms with Crippen LogP contribution in [0.1, 0.15) is 43.5 Å². The highest BCUT2D eigenvalue weighted by molar-refractivity contribution is 7.07. The molecule has 0 unspecified atom stereocenters. The van der Waals surface area contributed by atoms with E-state index in [2.05, 4.69) is 4.99 Å². The van der Waals surface area contributed by atoms with Gasteiger partial charge in [-0.1, -0.05) is 29.5 Å². The molecule has 8 nitrogen and oxygen atoms in total. The molecule has 0 spiro atoms. The highest BCUT2D eigenvalue weighted by atomic mass is 32.1. The lowest BCUT2D eigenvalue weighted by atomic mass is 9.95. The molecule has 194 valence electrons. The predicted molar refractivity (Wildman–Crippen MR) is 142 cm³/mol. The van der Waals surface area contributed by atoms with E-state index in [4.69, 9.17) is 18.9 Å². The third-order valence-electron chi connectivity index (χ3n) is 6.05. The number of nitrogens with zero attached hydrogens (tertiary/aromatic N) is 2. The molecular formula is C28H30N2O6S. The number of benzene rings is 2. The van der Waals surface area contributed by atoms with Crippen molar-refractivity contribution in [3.8, 4) is 17.2 Å². The van der Waals surface area contributed by atoms with E-state index in [-0.39, 0.29) is 12.2 Å². The molecule has 0 aliphatic carbocycles. The van der Waals surface area contributed by atoms with Crippen LogP contribution in [-0.4, -0.2) is 38.0 Å². The van der Waals surface area contributed by atoms with Gasteiger partial charge < -0.3 is 18.9 Å². The zero-order chi connectivity index (χ0) is 26.7. The SMILES string of the molecule is CCOC(=O)C1=C(C)N=c2s/c(=C/c3ccc(OCC)c(OC)c3)c(=O)n2[C@H]1c1ccc(C)c(OC)c1. The number of hydrogen-bond donors (Lipinski definition) is 0. The Morgan fingerprint density at radius 2 is 1.78 bits per heavy atom. The van der Waals surface area contributed by atoms with Gasteiger partial charge in [0.05, 0.1) is 49.3 Å². The van der Waals surface area contributed by atoms with Gasteiger partial charge in [-0.2, -0.15) is 0 Å². The van der Waals surface area contributed by atoms with Crippen molar-refractivity contribution in [3.05, 3.63) is 84.0 Å². The lowest BCUT2D eigenvalue weighted by Crippen LogP contribution is -2.40. The number of aromatic nitrogens is 1. The molecule has 0 saturated carbocycles. The van der Waals surface area contributed by atoms with E-state index in [9.17, 15) is 9.59 Å². The molecule has 37 heavy (non-hydrogen) atoms. The van der Waals surface area contributed by atoms with Crippen molar-refractivity contribution in [1.29, 1.82) is 0 Å². The van der Waals surface area contributed by atoms with Gasteiger partial charge in [-0.15, -0.1) is 0 Å². The van der Waals surface area contributed by atoms with E-state index in [1.165, 1.54) is 11.3 Å². The van der Waals surface area contributed by atoms with Crippen molar-refractivity contribution in [1.82, 2.24) is 4.57 Å². The Morgan fingerprint density at radius 1 is 1.03 bits per heavy atom. The number of rotatable bonds is 8. The molecule has 1 atom stereocenters. The summed E-state index contributed by atoms with van der Waals surface area (Å²) in [5.74, 6) is 1.37. The molecule has 0 fully saturated rings. The minimum Gasteiger partial charge on any atom is -0.496 e. The summed E-state index contributed by atoms with van der Waals surface area (Å²) in [6.45, 7) is 8.08. The highest BCUT2D eigenvalue weighted by Gasteiger charge is 2.33. The van der Waals surface area contributed by atoms with Gasteiger partial charge in [-0.05, 0) is 68.7 Å². The van der Waals surface area contributed by atoms with Crippen molar-refractivity contribution >= 4 is 23.4 Å². The Labute approximate surface area is 219 Å². The van der Waals surface area contributed by atoms with Crippen molar-refractivity contribution in [3.63, 3.8) is 0 Å². The first kappa shape index (κ1) is 26.2. The van der Waals surface area contributed by atoms with E-state index in [0.29, 0.717) is 44.5 Å². The topological polar surface area (TPSA) is 88.4 Å². The first-order valence-electron chi connectivity index (χ1n) is 12.0. The molecule has 2 heterocycles. The fourth-order valence-corrected chi connectivity index (χ4v) is 5.36. The van der Waals surface area contributed by atoms with Crippen LogP contribution in [0.5, 0.6) is 17.2 Å². The Kier molecular flexibility index (Phi) is 7.83. The number of carbonyl (C=O) groups excluding carboxylic acids is 1. The van der Waals surface area contributed by atoms with Crippen LogP contribution in [0.25, 0.3) is 6.08 Å². The first-order chi connectivity index (χ1) is 17.8. The van der Waals surface area contributed by atoms with Crippen molar-refractivity contribution < 1.29 is 23.7 Å². The molecule has 0 N–H and O–H groups in total. The lowest BCUT2D eigenvalue weighted by Gasteiger charge is -2.25. The molecule has 1 aliphatic heterocycles. The maximum atomic E-state index is 13.8. The van der Waals surface area contributed by atoms with Crippen molar-refractivity contribution in [2.75, 3.05) is 27.4 Å². The summed E-state index contributed by atoms with van der Waals surface area (Å²) in [7, 11) is 3.17. The maximum Gasteiger partial charge on any atom is 0.338 e. The molecule has 4 rings (SSSR count). The molecule has 0 saturated heterocycles. The Bertz CT molecular complexity index is 1550. The van der Waals surface area contributed by atoms with Gasteiger partial charge in [0.25, 0.3) is 5.56 Å². The molecular weight excluding hydrogens is 492 g/mol. The lowest BCUT2D eigenvalue weighted by molar-refractivity contribution is -0.139. The average Bonchev–Trinajstić information content (AvgIpc) is 3.18. The summed E-state index contributed by atoms with van der Waals surface area (Å²) in [5, 5.41) is 0. The van der Waals surface area contributed by atoms with Crippen LogP contribution in [0.15, 0.2) is 57.5 Å². The molecule has 0 radical (unpaired) electrons. The third kappa shape index (κ3) is 5.04. The second-order valence-electron chi connectivity index (χ2n) is 8.37. The minimum absolute atomic E-state index is 0.212. The summed E-state index contributed by atoms with van der Waals surface area (Å²) in [6, 6.07) is 10.5. The maximum absolute atomic E-state index is 13.8. The van der Waals surface area contributed by atoms with E-state index in [0.717, 1.165) is 16.7 Å². The van der Waals surface area contributed by atoms with E-state index >= 15 is 0 Å². The molecule has 3 aromatic rings. The zero-order valence-corrected chi connectivity index (χ0v) is 22.6. The summed E-state index contributed by atoms with van der Waals surface area (Å²) >= 11 is 1.27. The fourth-order valence-electron chi connectivity index (χ4n) is 4.31. The van der Waals surface area contributed by atoms with E-state index in [1.807, 2.05) is 50.2 Å². The monoisotopic (exact) mass is 522 g/mol. The van der Waals surface area contributed by atoms with Crippen LogP contribution >= 0.6 is 11.3 Å². The Morgan fingerprint density at radius 3 is 2.46 bits per heavy atom. The molecule has 0 bridgehead atoms. The number of fused-ring (bicyclic) bond motifs is 1. The second kappa shape index (κ2) is 11.0. The van der Waals surface area contributed by atoms with Crippen LogP contribution in [0.4, 0.5) is 0 Å². The largest absolute Gasteiger partial charge is 0.496 e. The van der Waals surface area contributed by atoms with Gasteiger partial charge >= 0.3 is 5.97 Å². The van der Waals surface area contributed by atoms with Crippen molar-refractivity contribution in [2.45, 2.75) is 33.7 Å². The van der Waals surface area contributed by atoms with E-state index in [1.54, 1.807) is 38.7 Å². The van der Waals surface area contributed by atoms with E-state index < -0.39 is 12.0 Å². The molecule has 1 aliphatic rings. The zero-order valence-electron chi connectivity index (χ0n) is 21.8. The van der Waals surface area contributed by atoms with Gasteiger partial charge in [-0.25, -0.2) is 9.79 Å². The summed E-state index contributed by atoms with van der Waals surface area (Å²) in [5.41, 5.74) is 3.04. The normalized spacial score (nSPS) is 15.2. The van der Waals surface area contributed by atoms with Crippen LogP contribution in [0, 0.1) is 6.92 Å².